The number of nitrogens with zero attached hydrogens (tertiary/aromatic N) is 3. The highest BCUT2D eigenvalue weighted by molar-refractivity contribution is 6.04. The molecule has 0 N–H and O–H groups in total. The van der Waals surface area contributed by atoms with Gasteiger partial charge in [-0.3, -0.25) is 9.59 Å². The van der Waals surface area contributed by atoms with Gasteiger partial charge in [-0.1, -0.05) is 32.0 Å². The van der Waals surface area contributed by atoms with Gasteiger partial charge in [0.15, 0.2) is 5.69 Å². The summed E-state index contributed by atoms with van der Waals surface area (Å²) in [5.74, 6) is 0.120. The molecule has 0 aliphatic carbocycles. The highest BCUT2D eigenvalue weighted by Crippen LogP contribution is 2.15. The Morgan fingerprint density at radius 3 is 2.48 bits per heavy atom. The molecule has 0 unspecified atom stereocenters. The number of rotatable bonds is 4. The second-order valence-corrected chi connectivity index (χ2v) is 5.59. The van der Waals surface area contributed by atoms with Gasteiger partial charge in [-0.2, -0.15) is 5.10 Å². The van der Waals surface area contributed by atoms with Gasteiger partial charge in [-0.05, 0) is 18.9 Å². The number of carbonyl (C=O) groups is 1. The highest BCUT2D eigenvalue weighted by Gasteiger charge is 2.19. The summed E-state index contributed by atoms with van der Waals surface area (Å²) in [7, 11) is 1.73. The van der Waals surface area contributed by atoms with Crippen molar-refractivity contribution in [1.82, 2.24) is 14.7 Å². The van der Waals surface area contributed by atoms with Crippen LogP contribution in [-0.4, -0.2) is 34.2 Å². The lowest BCUT2D eigenvalue weighted by molar-refractivity contribution is 0.0796. The van der Waals surface area contributed by atoms with Crippen molar-refractivity contribution in [3.05, 3.63) is 40.3 Å². The zero-order chi connectivity index (χ0) is 15.6. The van der Waals surface area contributed by atoms with Gasteiger partial charge in [0.1, 0.15) is 0 Å². The predicted molar refractivity (Wildman–Crippen MR) is 83.5 cm³/mol. The molecular weight excluding hydrogens is 266 g/mol. The molecule has 5 nitrogen and oxygen atoms in total. The Labute approximate surface area is 124 Å². The van der Waals surface area contributed by atoms with E-state index in [0.717, 1.165) is 0 Å². The Morgan fingerprint density at radius 2 is 1.90 bits per heavy atom. The molecule has 0 saturated heterocycles. The molecule has 21 heavy (non-hydrogen) atoms. The van der Waals surface area contributed by atoms with Crippen molar-refractivity contribution in [2.45, 2.75) is 27.3 Å². The van der Waals surface area contributed by atoms with Crippen molar-refractivity contribution in [2.24, 2.45) is 5.92 Å². The first-order valence-corrected chi connectivity index (χ1v) is 7.21. The Kier molecular flexibility index (Phi) is 4.40. The van der Waals surface area contributed by atoms with E-state index in [9.17, 15) is 9.59 Å². The molecule has 0 fully saturated rings. The fraction of sp³-hybridized carbons (Fsp3) is 0.438. The van der Waals surface area contributed by atoms with Crippen LogP contribution in [0.2, 0.25) is 0 Å². The van der Waals surface area contributed by atoms with E-state index >= 15 is 0 Å². The average Bonchev–Trinajstić information content (AvgIpc) is 2.48. The highest BCUT2D eigenvalue weighted by atomic mass is 16.2. The van der Waals surface area contributed by atoms with Crippen molar-refractivity contribution in [1.29, 1.82) is 0 Å². The molecule has 0 bridgehead atoms. The third kappa shape index (κ3) is 2.96. The minimum absolute atomic E-state index is 0.144. The summed E-state index contributed by atoms with van der Waals surface area (Å²) in [6.45, 7) is 7.04. The normalized spacial score (nSPS) is 11.1. The van der Waals surface area contributed by atoms with Gasteiger partial charge in [0.05, 0.1) is 5.39 Å². The second kappa shape index (κ2) is 6.08. The molecular formula is C16H21N3O2. The molecule has 0 atom stereocenters. The van der Waals surface area contributed by atoms with Gasteiger partial charge < -0.3 is 4.90 Å². The zero-order valence-corrected chi connectivity index (χ0v) is 13.0. The van der Waals surface area contributed by atoms with E-state index < -0.39 is 0 Å². The summed E-state index contributed by atoms with van der Waals surface area (Å²) in [6, 6.07) is 7.15. The third-order valence-electron chi connectivity index (χ3n) is 3.43. The van der Waals surface area contributed by atoms with Gasteiger partial charge in [0.25, 0.3) is 11.5 Å². The number of carbonyl (C=O) groups excluding carboxylic acids is 1. The molecule has 0 saturated carbocycles. The molecule has 1 aromatic carbocycles. The van der Waals surface area contributed by atoms with Gasteiger partial charge in [-0.25, -0.2) is 4.68 Å². The summed E-state index contributed by atoms with van der Waals surface area (Å²) in [5, 5.41) is 5.48. The molecule has 2 rings (SSSR count). The molecule has 0 spiro atoms. The van der Waals surface area contributed by atoms with E-state index in [1.54, 1.807) is 30.1 Å². The Hall–Kier alpha value is -2.17. The zero-order valence-electron chi connectivity index (χ0n) is 13.0. The SMILES string of the molecule is CCN(C)C(=O)c1nn(CC(C)C)c(=O)c2ccccc12. The number of amides is 1. The van der Waals surface area contributed by atoms with Gasteiger partial charge >= 0.3 is 0 Å². The predicted octanol–water partition coefficient (Wildman–Crippen LogP) is 2.14. The first kappa shape index (κ1) is 15.2. The van der Waals surface area contributed by atoms with Crippen LogP contribution in [0.4, 0.5) is 0 Å². The molecule has 0 aliphatic heterocycles. The van der Waals surface area contributed by atoms with Crippen LogP contribution in [0.5, 0.6) is 0 Å². The summed E-state index contributed by atoms with van der Waals surface area (Å²) in [4.78, 5) is 26.5. The van der Waals surface area contributed by atoms with E-state index in [1.807, 2.05) is 26.8 Å². The van der Waals surface area contributed by atoms with E-state index in [-0.39, 0.29) is 17.4 Å². The molecule has 5 heteroatoms. The molecule has 1 heterocycles. The maximum atomic E-state index is 12.5. The minimum atomic E-state index is -0.161. The lowest BCUT2D eigenvalue weighted by Gasteiger charge is -2.17. The van der Waals surface area contributed by atoms with E-state index in [1.165, 1.54) is 4.68 Å². The van der Waals surface area contributed by atoms with Gasteiger partial charge in [-0.15, -0.1) is 0 Å². The number of hydrogen-bond donors (Lipinski definition) is 0. The first-order valence-electron chi connectivity index (χ1n) is 7.21. The fourth-order valence-electron chi connectivity index (χ4n) is 2.19. The summed E-state index contributed by atoms with van der Waals surface area (Å²) < 4.78 is 1.41. The van der Waals surface area contributed by atoms with Crippen molar-refractivity contribution in [3.8, 4) is 0 Å². The van der Waals surface area contributed by atoms with Crippen molar-refractivity contribution >= 4 is 16.7 Å². The van der Waals surface area contributed by atoms with E-state index in [2.05, 4.69) is 5.10 Å². The second-order valence-electron chi connectivity index (χ2n) is 5.59. The largest absolute Gasteiger partial charge is 0.341 e. The summed E-state index contributed by atoms with van der Waals surface area (Å²) in [6.07, 6.45) is 0. The minimum Gasteiger partial charge on any atom is -0.341 e. The topological polar surface area (TPSA) is 55.2 Å². The monoisotopic (exact) mass is 287 g/mol. The van der Waals surface area contributed by atoms with Crippen LogP contribution in [-0.2, 0) is 6.54 Å². The van der Waals surface area contributed by atoms with Crippen LogP contribution in [0.15, 0.2) is 29.1 Å². The Morgan fingerprint density at radius 1 is 1.29 bits per heavy atom. The summed E-state index contributed by atoms with van der Waals surface area (Å²) >= 11 is 0. The molecule has 1 aromatic heterocycles. The Balaban J connectivity index is 2.71. The molecule has 0 aliphatic rings. The Bertz CT molecular complexity index is 719. The standard InChI is InChI=1S/C16H21N3O2/c1-5-18(4)16(21)14-12-8-6-7-9-13(12)15(20)19(17-14)10-11(2)3/h6-9,11H,5,10H2,1-4H3. The quantitative estimate of drug-likeness (QED) is 0.865. The van der Waals surface area contributed by atoms with Gasteiger partial charge in [0, 0.05) is 25.5 Å². The van der Waals surface area contributed by atoms with Crippen LogP contribution in [0.3, 0.4) is 0 Å². The lowest BCUT2D eigenvalue weighted by atomic mass is 10.1. The summed E-state index contributed by atoms with van der Waals surface area (Å²) in [5.41, 5.74) is 0.199. The van der Waals surface area contributed by atoms with Crippen LogP contribution in [0, 0.1) is 5.92 Å². The number of aromatic nitrogens is 2. The fourth-order valence-corrected chi connectivity index (χ4v) is 2.19. The van der Waals surface area contributed by atoms with Crippen LogP contribution in [0.25, 0.3) is 10.8 Å². The third-order valence-corrected chi connectivity index (χ3v) is 3.43. The van der Waals surface area contributed by atoms with E-state index in [4.69, 9.17) is 0 Å². The molecule has 112 valence electrons. The smallest absolute Gasteiger partial charge is 0.274 e. The molecule has 2 aromatic rings. The molecule has 1 amide bonds. The molecule has 0 radical (unpaired) electrons. The maximum Gasteiger partial charge on any atom is 0.274 e. The lowest BCUT2D eigenvalue weighted by Crippen LogP contribution is -2.32. The van der Waals surface area contributed by atoms with E-state index in [0.29, 0.717) is 29.6 Å². The van der Waals surface area contributed by atoms with Crippen molar-refractivity contribution < 1.29 is 4.79 Å². The van der Waals surface area contributed by atoms with Crippen LogP contribution < -0.4 is 5.56 Å². The number of benzene rings is 1. The van der Waals surface area contributed by atoms with Crippen molar-refractivity contribution in [3.63, 3.8) is 0 Å². The van der Waals surface area contributed by atoms with Crippen molar-refractivity contribution in [2.75, 3.05) is 13.6 Å². The maximum absolute atomic E-state index is 12.5. The number of hydrogen-bond acceptors (Lipinski definition) is 3. The average molecular weight is 287 g/mol. The van der Waals surface area contributed by atoms with Crippen LogP contribution in [0.1, 0.15) is 31.3 Å². The number of fused-ring (bicyclic) bond motifs is 1. The van der Waals surface area contributed by atoms with Gasteiger partial charge in [0.2, 0.25) is 0 Å². The van der Waals surface area contributed by atoms with Crippen LogP contribution >= 0.6 is 0 Å². The first-order chi connectivity index (χ1) is 9.95.